The number of benzene rings is 2. The lowest BCUT2D eigenvalue weighted by Crippen LogP contribution is -1.93. The molecule has 20 heavy (non-hydrogen) atoms. The molecule has 0 saturated heterocycles. The van der Waals surface area contributed by atoms with Crippen LogP contribution in [0.1, 0.15) is 5.56 Å². The summed E-state index contributed by atoms with van der Waals surface area (Å²) in [7, 11) is 1.67. The fourth-order valence-electron chi connectivity index (χ4n) is 2.03. The van der Waals surface area contributed by atoms with Gasteiger partial charge in [0.1, 0.15) is 5.52 Å². The molecule has 0 aliphatic carbocycles. The molecule has 0 amide bonds. The summed E-state index contributed by atoms with van der Waals surface area (Å²) in [5.41, 5.74) is 9.81. The van der Waals surface area contributed by atoms with Crippen LogP contribution < -0.4 is 11.1 Å². The SMILES string of the molecule is COCc1cccc(Nc2nc3cc(N)ccc3o2)c1. The smallest absolute Gasteiger partial charge is 0.300 e. The van der Waals surface area contributed by atoms with E-state index in [9.17, 15) is 0 Å². The molecule has 0 radical (unpaired) electrons. The Morgan fingerprint density at radius 1 is 1.25 bits per heavy atom. The van der Waals surface area contributed by atoms with Crippen LogP contribution in [0.15, 0.2) is 46.9 Å². The van der Waals surface area contributed by atoms with Gasteiger partial charge in [-0.25, -0.2) is 0 Å². The molecule has 0 aliphatic rings. The molecule has 3 aromatic rings. The van der Waals surface area contributed by atoms with Gasteiger partial charge in [0.25, 0.3) is 6.01 Å². The molecule has 2 aromatic carbocycles. The van der Waals surface area contributed by atoms with Crippen molar-refractivity contribution in [2.75, 3.05) is 18.2 Å². The number of fused-ring (bicyclic) bond motifs is 1. The largest absolute Gasteiger partial charge is 0.423 e. The molecule has 102 valence electrons. The van der Waals surface area contributed by atoms with Crippen molar-refractivity contribution in [3.8, 4) is 0 Å². The lowest BCUT2D eigenvalue weighted by molar-refractivity contribution is 0.185. The lowest BCUT2D eigenvalue weighted by Gasteiger charge is -2.04. The molecule has 3 N–H and O–H groups in total. The molecule has 0 unspecified atom stereocenters. The third kappa shape index (κ3) is 2.57. The predicted molar refractivity (Wildman–Crippen MR) is 78.9 cm³/mol. The number of oxazole rings is 1. The highest BCUT2D eigenvalue weighted by molar-refractivity contribution is 5.78. The van der Waals surface area contributed by atoms with Gasteiger partial charge in [0.05, 0.1) is 6.61 Å². The van der Waals surface area contributed by atoms with Gasteiger partial charge >= 0.3 is 0 Å². The molecular weight excluding hydrogens is 254 g/mol. The molecule has 0 saturated carbocycles. The molecule has 0 bridgehead atoms. The second-order valence-corrected chi connectivity index (χ2v) is 4.50. The quantitative estimate of drug-likeness (QED) is 0.711. The predicted octanol–water partition coefficient (Wildman–Crippen LogP) is 3.30. The minimum absolute atomic E-state index is 0.445. The van der Waals surface area contributed by atoms with E-state index < -0.39 is 0 Å². The summed E-state index contributed by atoms with van der Waals surface area (Å²) in [5, 5.41) is 3.14. The molecule has 0 aliphatic heterocycles. The summed E-state index contributed by atoms with van der Waals surface area (Å²) < 4.78 is 10.7. The maximum Gasteiger partial charge on any atom is 0.300 e. The summed E-state index contributed by atoms with van der Waals surface area (Å²) in [6, 6.07) is 13.7. The van der Waals surface area contributed by atoms with Crippen LogP contribution in [0, 0.1) is 0 Å². The number of methoxy groups -OCH3 is 1. The minimum Gasteiger partial charge on any atom is -0.423 e. The van der Waals surface area contributed by atoms with Crippen molar-refractivity contribution in [3.05, 3.63) is 48.0 Å². The number of rotatable bonds is 4. The van der Waals surface area contributed by atoms with Crippen molar-refractivity contribution in [2.24, 2.45) is 0 Å². The van der Waals surface area contributed by atoms with Gasteiger partial charge in [-0.15, -0.1) is 0 Å². The van der Waals surface area contributed by atoms with Gasteiger partial charge in [0, 0.05) is 18.5 Å². The molecule has 0 fully saturated rings. The monoisotopic (exact) mass is 269 g/mol. The highest BCUT2D eigenvalue weighted by Gasteiger charge is 2.06. The van der Waals surface area contributed by atoms with Crippen molar-refractivity contribution < 1.29 is 9.15 Å². The minimum atomic E-state index is 0.445. The second kappa shape index (κ2) is 5.22. The van der Waals surface area contributed by atoms with Crippen molar-refractivity contribution >= 4 is 28.5 Å². The number of anilines is 3. The van der Waals surface area contributed by atoms with Crippen molar-refractivity contribution in [2.45, 2.75) is 6.61 Å². The summed E-state index contributed by atoms with van der Waals surface area (Å²) in [6.45, 7) is 0.569. The maximum absolute atomic E-state index is 5.72. The van der Waals surface area contributed by atoms with E-state index in [1.54, 1.807) is 19.2 Å². The summed E-state index contributed by atoms with van der Waals surface area (Å²) in [5.74, 6) is 0. The topological polar surface area (TPSA) is 73.3 Å². The average Bonchev–Trinajstić information content (AvgIpc) is 2.81. The van der Waals surface area contributed by atoms with Crippen molar-refractivity contribution in [1.82, 2.24) is 4.98 Å². The van der Waals surface area contributed by atoms with Crippen LogP contribution in [0.25, 0.3) is 11.1 Å². The number of ether oxygens (including phenoxy) is 1. The van der Waals surface area contributed by atoms with E-state index in [1.807, 2.05) is 30.3 Å². The van der Waals surface area contributed by atoms with E-state index in [0.717, 1.165) is 16.8 Å². The van der Waals surface area contributed by atoms with Gasteiger partial charge < -0.3 is 20.2 Å². The van der Waals surface area contributed by atoms with Gasteiger partial charge in [-0.3, -0.25) is 0 Å². The van der Waals surface area contributed by atoms with Crippen LogP contribution in [0.2, 0.25) is 0 Å². The first-order valence-corrected chi connectivity index (χ1v) is 6.25. The number of hydrogen-bond donors (Lipinski definition) is 2. The Morgan fingerprint density at radius 2 is 2.15 bits per heavy atom. The number of nitrogens with one attached hydrogen (secondary N) is 1. The summed E-state index contributed by atoms with van der Waals surface area (Å²) in [6.07, 6.45) is 0. The molecule has 0 spiro atoms. The molecule has 1 heterocycles. The van der Waals surface area contributed by atoms with E-state index in [4.69, 9.17) is 14.9 Å². The molecule has 5 heteroatoms. The molecular formula is C15H15N3O2. The standard InChI is InChI=1S/C15H15N3O2/c1-19-9-10-3-2-4-12(7-10)17-15-18-13-8-11(16)5-6-14(13)20-15/h2-8H,9,16H2,1H3,(H,17,18). The number of hydrogen-bond acceptors (Lipinski definition) is 5. The molecule has 5 nitrogen and oxygen atoms in total. The average molecular weight is 269 g/mol. The number of nitrogens with zero attached hydrogens (tertiary/aromatic N) is 1. The van der Waals surface area contributed by atoms with Gasteiger partial charge in [0.15, 0.2) is 5.58 Å². The van der Waals surface area contributed by atoms with Gasteiger partial charge in [0.2, 0.25) is 0 Å². The van der Waals surface area contributed by atoms with Crippen molar-refractivity contribution in [3.63, 3.8) is 0 Å². The first-order chi connectivity index (χ1) is 9.74. The molecule has 3 rings (SSSR count). The zero-order valence-electron chi connectivity index (χ0n) is 11.1. The summed E-state index contributed by atoms with van der Waals surface area (Å²) in [4.78, 5) is 4.36. The Balaban J connectivity index is 1.87. The van der Waals surface area contributed by atoms with Crippen molar-refractivity contribution in [1.29, 1.82) is 0 Å². The second-order valence-electron chi connectivity index (χ2n) is 4.50. The maximum atomic E-state index is 5.72. The normalized spacial score (nSPS) is 10.8. The van der Waals surface area contributed by atoms with E-state index in [1.165, 1.54) is 0 Å². The van der Waals surface area contributed by atoms with Crippen LogP contribution in [0.4, 0.5) is 17.4 Å². The van der Waals surface area contributed by atoms with E-state index in [-0.39, 0.29) is 0 Å². The van der Waals surface area contributed by atoms with Gasteiger partial charge in [-0.1, -0.05) is 12.1 Å². The zero-order valence-corrected chi connectivity index (χ0v) is 11.1. The number of nitrogens with two attached hydrogens (primary N) is 1. The van der Waals surface area contributed by atoms with E-state index in [0.29, 0.717) is 23.9 Å². The Bertz CT molecular complexity index is 737. The van der Waals surface area contributed by atoms with Crippen LogP contribution >= 0.6 is 0 Å². The highest BCUT2D eigenvalue weighted by Crippen LogP contribution is 2.24. The first-order valence-electron chi connectivity index (χ1n) is 6.25. The Kier molecular flexibility index (Phi) is 3.26. The first kappa shape index (κ1) is 12.5. The van der Waals surface area contributed by atoms with Crippen LogP contribution in [-0.4, -0.2) is 12.1 Å². The van der Waals surface area contributed by atoms with Gasteiger partial charge in [-0.2, -0.15) is 4.98 Å². The Morgan fingerprint density at radius 3 is 3.00 bits per heavy atom. The summed E-state index contributed by atoms with van der Waals surface area (Å²) >= 11 is 0. The zero-order chi connectivity index (χ0) is 13.9. The molecule has 0 atom stereocenters. The van der Waals surface area contributed by atoms with Crippen LogP contribution in [-0.2, 0) is 11.3 Å². The van der Waals surface area contributed by atoms with E-state index >= 15 is 0 Å². The number of aromatic nitrogens is 1. The Labute approximate surface area is 116 Å². The number of nitrogen functional groups attached to an aromatic ring is 1. The van der Waals surface area contributed by atoms with Crippen LogP contribution in [0.3, 0.4) is 0 Å². The van der Waals surface area contributed by atoms with Gasteiger partial charge in [-0.05, 0) is 35.9 Å². The third-order valence-corrected chi connectivity index (χ3v) is 2.90. The Hall–Kier alpha value is -2.53. The third-order valence-electron chi connectivity index (χ3n) is 2.90. The fourth-order valence-corrected chi connectivity index (χ4v) is 2.03. The lowest BCUT2D eigenvalue weighted by atomic mass is 10.2. The van der Waals surface area contributed by atoms with E-state index in [2.05, 4.69) is 10.3 Å². The fraction of sp³-hybridized carbons (Fsp3) is 0.133. The van der Waals surface area contributed by atoms with Crippen LogP contribution in [0.5, 0.6) is 0 Å². The molecule has 1 aromatic heterocycles. The highest BCUT2D eigenvalue weighted by atomic mass is 16.5.